The van der Waals surface area contributed by atoms with E-state index in [1.807, 2.05) is 48.7 Å². The summed E-state index contributed by atoms with van der Waals surface area (Å²) in [5.74, 6) is 1.30. The van der Waals surface area contributed by atoms with Crippen LogP contribution in [-0.2, 0) is 4.79 Å². The summed E-state index contributed by atoms with van der Waals surface area (Å²) in [6.07, 6.45) is 3.61. The minimum absolute atomic E-state index is 0.181. The van der Waals surface area contributed by atoms with Crippen LogP contribution in [0.4, 0.5) is 11.4 Å². The number of ether oxygens (including phenoxy) is 1. The SMILES string of the molecule is COc1ccc(N2C(=S)N[C@H](c3ccccn3)[C@H]2c2cc(C)n(-c3ncccc3C)c2C)cc1NC(C)=O. The van der Waals surface area contributed by atoms with Gasteiger partial charge >= 0.3 is 0 Å². The second-order valence-electron chi connectivity index (χ2n) is 9.37. The standard InChI is InChI=1S/C29H30N6O2S/c1-17-9-8-14-31-28(17)34-18(2)15-22(19(34)3)27-26(23-10-6-7-13-30-23)33-29(38)35(27)21-11-12-25(37-5)24(16-21)32-20(4)36/h6-16,26-27H,1-5H3,(H,32,36)(H,33,38)/t26-,27-/m1/s1. The average Bonchev–Trinajstić information content (AvgIpc) is 3.39. The van der Waals surface area contributed by atoms with Gasteiger partial charge in [0.15, 0.2) is 5.11 Å². The Kier molecular flexibility index (Phi) is 6.86. The van der Waals surface area contributed by atoms with E-state index in [2.05, 4.69) is 63.0 Å². The number of nitrogens with zero attached hydrogens (tertiary/aromatic N) is 4. The van der Waals surface area contributed by atoms with Gasteiger partial charge in [-0.1, -0.05) is 12.1 Å². The Balaban J connectivity index is 1.69. The monoisotopic (exact) mass is 526 g/mol. The summed E-state index contributed by atoms with van der Waals surface area (Å²) in [6.45, 7) is 7.75. The van der Waals surface area contributed by atoms with Gasteiger partial charge in [-0.05, 0) is 86.6 Å². The van der Waals surface area contributed by atoms with E-state index in [1.165, 1.54) is 6.92 Å². The quantitative estimate of drug-likeness (QED) is 0.328. The molecular weight excluding hydrogens is 496 g/mol. The first-order chi connectivity index (χ1) is 18.3. The zero-order valence-corrected chi connectivity index (χ0v) is 22.8. The predicted molar refractivity (Wildman–Crippen MR) is 153 cm³/mol. The van der Waals surface area contributed by atoms with E-state index in [-0.39, 0.29) is 18.0 Å². The van der Waals surface area contributed by atoms with Crippen molar-refractivity contribution in [2.75, 3.05) is 17.3 Å². The number of pyridine rings is 2. The van der Waals surface area contributed by atoms with Crippen molar-refractivity contribution in [3.05, 3.63) is 95.2 Å². The molecular formula is C29H30N6O2S. The average molecular weight is 527 g/mol. The Morgan fingerprint density at radius 3 is 2.53 bits per heavy atom. The lowest BCUT2D eigenvalue weighted by Gasteiger charge is -2.29. The number of hydrogen-bond acceptors (Lipinski definition) is 5. The van der Waals surface area contributed by atoms with Gasteiger partial charge in [-0.15, -0.1) is 0 Å². The highest BCUT2D eigenvalue weighted by atomic mass is 32.1. The van der Waals surface area contributed by atoms with Crippen molar-refractivity contribution in [1.29, 1.82) is 0 Å². The first-order valence-corrected chi connectivity index (χ1v) is 12.8. The molecule has 1 aliphatic heterocycles. The number of anilines is 2. The van der Waals surface area contributed by atoms with E-state index in [1.54, 1.807) is 13.3 Å². The van der Waals surface area contributed by atoms with Crippen LogP contribution in [0.2, 0.25) is 0 Å². The largest absolute Gasteiger partial charge is 0.495 e. The number of thiocarbonyl (C=S) groups is 1. The van der Waals surface area contributed by atoms with Gasteiger partial charge in [-0.3, -0.25) is 9.78 Å². The molecule has 0 radical (unpaired) electrons. The number of aromatic nitrogens is 3. The lowest BCUT2D eigenvalue weighted by atomic mass is 9.96. The summed E-state index contributed by atoms with van der Waals surface area (Å²) in [5.41, 5.74) is 6.63. The number of rotatable bonds is 6. The molecule has 1 aromatic carbocycles. The van der Waals surface area contributed by atoms with Crippen LogP contribution in [0.5, 0.6) is 5.75 Å². The van der Waals surface area contributed by atoms with Crippen LogP contribution in [0, 0.1) is 20.8 Å². The summed E-state index contributed by atoms with van der Waals surface area (Å²) in [5, 5.41) is 6.96. The van der Waals surface area contributed by atoms with Gasteiger partial charge in [0.25, 0.3) is 0 Å². The third-order valence-corrected chi connectivity index (χ3v) is 7.17. The zero-order valence-electron chi connectivity index (χ0n) is 22.0. The minimum Gasteiger partial charge on any atom is -0.495 e. The molecule has 194 valence electrons. The Labute approximate surface area is 227 Å². The molecule has 3 aromatic heterocycles. The van der Waals surface area contributed by atoms with E-state index < -0.39 is 0 Å². The van der Waals surface area contributed by atoms with Crippen LogP contribution in [0.15, 0.2) is 67.0 Å². The van der Waals surface area contributed by atoms with Crippen molar-refractivity contribution in [1.82, 2.24) is 19.9 Å². The summed E-state index contributed by atoms with van der Waals surface area (Å²) < 4.78 is 7.68. The fourth-order valence-electron chi connectivity index (χ4n) is 5.21. The number of methoxy groups -OCH3 is 1. The maximum absolute atomic E-state index is 11.9. The van der Waals surface area contributed by atoms with Gasteiger partial charge in [0.05, 0.1) is 30.6 Å². The van der Waals surface area contributed by atoms with Crippen molar-refractivity contribution in [2.45, 2.75) is 39.8 Å². The molecule has 1 saturated heterocycles. The van der Waals surface area contributed by atoms with Crippen molar-refractivity contribution in [2.24, 2.45) is 0 Å². The van der Waals surface area contributed by atoms with E-state index in [4.69, 9.17) is 17.0 Å². The highest BCUT2D eigenvalue weighted by molar-refractivity contribution is 7.80. The molecule has 0 saturated carbocycles. The van der Waals surface area contributed by atoms with Gasteiger partial charge < -0.3 is 24.8 Å². The summed E-state index contributed by atoms with van der Waals surface area (Å²) in [6, 6.07) is 17.4. The summed E-state index contributed by atoms with van der Waals surface area (Å²) in [7, 11) is 1.58. The van der Waals surface area contributed by atoms with Crippen LogP contribution in [0.1, 0.15) is 47.2 Å². The molecule has 9 heteroatoms. The number of nitrogens with one attached hydrogen (secondary N) is 2. The Morgan fingerprint density at radius 2 is 1.84 bits per heavy atom. The number of aryl methyl sites for hydroxylation is 2. The van der Waals surface area contributed by atoms with Crippen LogP contribution in [0.3, 0.4) is 0 Å². The maximum Gasteiger partial charge on any atom is 0.221 e. The number of carbonyl (C=O) groups is 1. The molecule has 1 aliphatic rings. The van der Waals surface area contributed by atoms with Crippen LogP contribution >= 0.6 is 12.2 Å². The molecule has 1 fully saturated rings. The fraction of sp³-hybridized carbons (Fsp3) is 0.241. The van der Waals surface area contributed by atoms with Gasteiger partial charge in [0, 0.05) is 36.4 Å². The van der Waals surface area contributed by atoms with Crippen LogP contribution in [0.25, 0.3) is 5.82 Å². The first-order valence-electron chi connectivity index (χ1n) is 12.4. The van der Waals surface area contributed by atoms with Crippen molar-refractivity contribution >= 4 is 34.6 Å². The number of carbonyl (C=O) groups excluding carboxylic acids is 1. The second-order valence-corrected chi connectivity index (χ2v) is 9.75. The molecule has 0 unspecified atom stereocenters. The van der Waals surface area contributed by atoms with Crippen molar-refractivity contribution in [3.8, 4) is 11.6 Å². The van der Waals surface area contributed by atoms with E-state index in [0.717, 1.165) is 39.7 Å². The molecule has 4 heterocycles. The lowest BCUT2D eigenvalue weighted by molar-refractivity contribution is -0.114. The summed E-state index contributed by atoms with van der Waals surface area (Å²) >= 11 is 5.92. The van der Waals surface area contributed by atoms with Gasteiger partial charge in [0.2, 0.25) is 5.91 Å². The van der Waals surface area contributed by atoms with E-state index >= 15 is 0 Å². The lowest BCUT2D eigenvalue weighted by Crippen LogP contribution is -2.29. The fourth-order valence-corrected chi connectivity index (χ4v) is 5.55. The van der Waals surface area contributed by atoms with Crippen molar-refractivity contribution < 1.29 is 9.53 Å². The topological polar surface area (TPSA) is 84.3 Å². The molecule has 0 spiro atoms. The first kappa shape index (κ1) is 25.4. The van der Waals surface area contributed by atoms with Crippen molar-refractivity contribution in [3.63, 3.8) is 0 Å². The predicted octanol–water partition coefficient (Wildman–Crippen LogP) is 5.34. The Hall–Kier alpha value is -4.24. The minimum atomic E-state index is -0.208. The van der Waals surface area contributed by atoms with Crippen LogP contribution in [-0.4, -0.2) is 32.7 Å². The van der Waals surface area contributed by atoms with E-state index in [9.17, 15) is 4.79 Å². The third kappa shape index (κ3) is 4.50. The molecule has 4 aromatic rings. The molecule has 0 bridgehead atoms. The molecule has 1 amide bonds. The third-order valence-electron chi connectivity index (χ3n) is 6.85. The number of benzene rings is 1. The zero-order chi connectivity index (χ0) is 27.0. The molecule has 8 nitrogen and oxygen atoms in total. The second kappa shape index (κ2) is 10.3. The summed E-state index contributed by atoms with van der Waals surface area (Å²) in [4.78, 5) is 23.4. The Bertz CT molecular complexity index is 1520. The highest BCUT2D eigenvalue weighted by Crippen LogP contribution is 2.45. The van der Waals surface area contributed by atoms with Gasteiger partial charge in [-0.2, -0.15) is 0 Å². The Morgan fingerprint density at radius 1 is 1.05 bits per heavy atom. The van der Waals surface area contributed by atoms with Crippen LogP contribution < -0.4 is 20.3 Å². The molecule has 2 atom stereocenters. The van der Waals surface area contributed by atoms with Gasteiger partial charge in [-0.25, -0.2) is 4.98 Å². The number of hydrogen-bond donors (Lipinski definition) is 2. The maximum atomic E-state index is 11.9. The number of amides is 1. The normalized spacial score (nSPS) is 16.9. The smallest absolute Gasteiger partial charge is 0.221 e. The molecule has 2 N–H and O–H groups in total. The molecule has 5 rings (SSSR count). The highest BCUT2D eigenvalue weighted by Gasteiger charge is 2.42. The van der Waals surface area contributed by atoms with E-state index in [0.29, 0.717) is 16.5 Å². The molecule has 38 heavy (non-hydrogen) atoms. The van der Waals surface area contributed by atoms with Gasteiger partial charge in [0.1, 0.15) is 11.6 Å². The molecule has 0 aliphatic carbocycles.